The predicted molar refractivity (Wildman–Crippen MR) is 138 cm³/mol. The average molecular weight is 523 g/mol. The van der Waals surface area contributed by atoms with Crippen LogP contribution in [0.2, 0.25) is 0 Å². The molecule has 0 unspecified atom stereocenters. The highest BCUT2D eigenvalue weighted by molar-refractivity contribution is 6.03. The van der Waals surface area contributed by atoms with E-state index >= 15 is 0 Å². The van der Waals surface area contributed by atoms with E-state index in [1.54, 1.807) is 32.4 Å². The lowest BCUT2D eigenvalue weighted by molar-refractivity contribution is -0.137. The summed E-state index contributed by atoms with van der Waals surface area (Å²) in [4.78, 5) is 17.0. The number of ether oxygens (including phenoxy) is 3. The zero-order valence-corrected chi connectivity index (χ0v) is 20.9. The molecule has 1 aromatic heterocycles. The quantitative estimate of drug-likeness (QED) is 0.281. The van der Waals surface area contributed by atoms with Crippen LogP contribution in [0, 0.1) is 0 Å². The van der Waals surface area contributed by atoms with Crippen molar-refractivity contribution in [3.05, 3.63) is 101 Å². The molecule has 1 N–H and O–H groups in total. The van der Waals surface area contributed by atoms with Crippen LogP contribution < -0.4 is 19.5 Å². The number of amides is 1. The molecule has 0 bridgehead atoms. The maximum atomic E-state index is 13.4. The third-order valence-corrected chi connectivity index (χ3v) is 5.87. The molecule has 9 heteroatoms. The molecule has 0 aliphatic heterocycles. The van der Waals surface area contributed by atoms with Gasteiger partial charge in [0.2, 0.25) is 5.75 Å². The van der Waals surface area contributed by atoms with E-state index in [0.29, 0.717) is 34.8 Å². The Balaban J connectivity index is 1.50. The average Bonchev–Trinajstić information content (AvgIpc) is 2.92. The van der Waals surface area contributed by atoms with E-state index in [-0.39, 0.29) is 11.4 Å². The lowest BCUT2D eigenvalue weighted by atomic mass is 10.0. The first kappa shape index (κ1) is 26.5. The molecule has 0 spiro atoms. The Kier molecular flexibility index (Phi) is 7.85. The van der Waals surface area contributed by atoms with Crippen LogP contribution in [0.5, 0.6) is 17.2 Å². The number of anilines is 1. The third kappa shape index (κ3) is 5.88. The van der Waals surface area contributed by atoms with Crippen molar-refractivity contribution in [2.24, 2.45) is 0 Å². The SMILES string of the molecule is COc1cc(Cc2cccc(C(=O)Nc3ccc(-c4ccccc4C(F)(F)F)cn3)c2)cc(OC)c1OC. The largest absolute Gasteiger partial charge is 0.493 e. The third-order valence-electron chi connectivity index (χ3n) is 5.87. The smallest absolute Gasteiger partial charge is 0.417 e. The molecule has 0 fully saturated rings. The Morgan fingerprint density at radius 3 is 2.16 bits per heavy atom. The molecule has 0 saturated carbocycles. The van der Waals surface area contributed by atoms with E-state index in [1.807, 2.05) is 18.2 Å². The number of pyridine rings is 1. The minimum absolute atomic E-state index is 0.0184. The molecule has 6 nitrogen and oxygen atoms in total. The first-order valence-electron chi connectivity index (χ1n) is 11.5. The van der Waals surface area contributed by atoms with Crippen LogP contribution >= 0.6 is 0 Å². The fourth-order valence-electron chi connectivity index (χ4n) is 4.09. The van der Waals surface area contributed by atoms with Gasteiger partial charge in [-0.05, 0) is 65.6 Å². The van der Waals surface area contributed by atoms with E-state index in [2.05, 4.69) is 10.3 Å². The van der Waals surface area contributed by atoms with E-state index in [9.17, 15) is 18.0 Å². The lowest BCUT2D eigenvalue weighted by Gasteiger charge is -2.14. The minimum atomic E-state index is -4.49. The summed E-state index contributed by atoms with van der Waals surface area (Å²) >= 11 is 0. The molecule has 0 saturated heterocycles. The fourth-order valence-corrected chi connectivity index (χ4v) is 4.09. The van der Waals surface area contributed by atoms with Crippen LogP contribution in [0.25, 0.3) is 11.1 Å². The number of methoxy groups -OCH3 is 3. The Morgan fingerprint density at radius 2 is 1.55 bits per heavy atom. The van der Waals surface area contributed by atoms with Crippen LogP contribution in [-0.4, -0.2) is 32.2 Å². The molecule has 38 heavy (non-hydrogen) atoms. The number of hydrogen-bond donors (Lipinski definition) is 1. The van der Waals surface area contributed by atoms with Crippen LogP contribution in [-0.2, 0) is 12.6 Å². The summed E-state index contributed by atoms with van der Waals surface area (Å²) in [5.74, 6) is 1.38. The van der Waals surface area contributed by atoms with Crippen molar-refractivity contribution in [1.29, 1.82) is 0 Å². The van der Waals surface area contributed by atoms with Gasteiger partial charge in [0.15, 0.2) is 11.5 Å². The zero-order chi connectivity index (χ0) is 27.3. The molecule has 196 valence electrons. The maximum Gasteiger partial charge on any atom is 0.417 e. The van der Waals surface area contributed by atoms with Crippen LogP contribution in [0.15, 0.2) is 79.0 Å². The predicted octanol–water partition coefficient (Wildman–Crippen LogP) is 6.64. The number of nitrogens with one attached hydrogen (secondary N) is 1. The summed E-state index contributed by atoms with van der Waals surface area (Å²) in [5.41, 5.74) is 1.74. The summed E-state index contributed by atoms with van der Waals surface area (Å²) in [6.07, 6.45) is -2.68. The van der Waals surface area contributed by atoms with Crippen LogP contribution in [0.3, 0.4) is 0 Å². The molecule has 4 rings (SSSR count). The second-order valence-corrected chi connectivity index (χ2v) is 8.34. The monoisotopic (exact) mass is 522 g/mol. The molecule has 1 heterocycles. The Bertz CT molecular complexity index is 1410. The highest BCUT2D eigenvalue weighted by Gasteiger charge is 2.33. The van der Waals surface area contributed by atoms with Crippen LogP contribution in [0.1, 0.15) is 27.0 Å². The second kappa shape index (κ2) is 11.2. The number of nitrogens with zero attached hydrogens (tertiary/aromatic N) is 1. The Labute approximate surface area is 218 Å². The number of benzene rings is 3. The summed E-state index contributed by atoms with van der Waals surface area (Å²) in [5, 5.41) is 2.70. The molecule has 0 atom stereocenters. The van der Waals surface area contributed by atoms with Gasteiger partial charge in [-0.15, -0.1) is 0 Å². The normalized spacial score (nSPS) is 11.1. The highest BCUT2D eigenvalue weighted by Crippen LogP contribution is 2.39. The molecule has 1 amide bonds. The highest BCUT2D eigenvalue weighted by atomic mass is 19.4. The summed E-state index contributed by atoms with van der Waals surface area (Å²) in [7, 11) is 4.62. The van der Waals surface area contributed by atoms with Gasteiger partial charge in [0.1, 0.15) is 5.82 Å². The molecular weight excluding hydrogens is 497 g/mol. The zero-order valence-electron chi connectivity index (χ0n) is 20.9. The molecule has 4 aromatic rings. The van der Waals surface area contributed by atoms with Gasteiger partial charge in [-0.1, -0.05) is 30.3 Å². The topological polar surface area (TPSA) is 69.7 Å². The van der Waals surface area contributed by atoms with Gasteiger partial charge in [0.25, 0.3) is 5.91 Å². The molecule has 3 aromatic carbocycles. The molecular formula is C29H25F3N2O4. The van der Waals surface area contributed by atoms with E-state index in [0.717, 1.165) is 17.2 Å². The first-order chi connectivity index (χ1) is 18.2. The number of halogens is 3. The van der Waals surface area contributed by atoms with Crippen LogP contribution in [0.4, 0.5) is 19.0 Å². The van der Waals surface area contributed by atoms with Gasteiger partial charge in [-0.3, -0.25) is 4.79 Å². The first-order valence-corrected chi connectivity index (χ1v) is 11.5. The molecule has 0 aliphatic carbocycles. The Morgan fingerprint density at radius 1 is 0.842 bits per heavy atom. The lowest BCUT2D eigenvalue weighted by Crippen LogP contribution is -2.13. The molecule has 0 aliphatic rings. The van der Waals surface area contributed by atoms with E-state index < -0.39 is 17.6 Å². The number of alkyl halides is 3. The van der Waals surface area contributed by atoms with Crippen molar-refractivity contribution in [3.63, 3.8) is 0 Å². The number of aromatic nitrogens is 1. The van der Waals surface area contributed by atoms with Crippen molar-refractivity contribution in [2.45, 2.75) is 12.6 Å². The van der Waals surface area contributed by atoms with Gasteiger partial charge < -0.3 is 19.5 Å². The van der Waals surface area contributed by atoms with Crippen molar-refractivity contribution < 1.29 is 32.2 Å². The van der Waals surface area contributed by atoms with Crippen molar-refractivity contribution in [2.75, 3.05) is 26.6 Å². The number of carbonyl (C=O) groups excluding carboxylic acids is 1. The summed E-state index contributed by atoms with van der Waals surface area (Å²) < 4.78 is 56.3. The van der Waals surface area contributed by atoms with Gasteiger partial charge in [-0.2, -0.15) is 13.2 Å². The van der Waals surface area contributed by atoms with Gasteiger partial charge >= 0.3 is 6.18 Å². The summed E-state index contributed by atoms with van der Waals surface area (Å²) in [6.45, 7) is 0. The summed E-state index contributed by atoms with van der Waals surface area (Å²) in [6, 6.07) is 19.0. The maximum absolute atomic E-state index is 13.4. The number of carbonyl (C=O) groups is 1. The fraction of sp³-hybridized carbons (Fsp3) is 0.172. The van der Waals surface area contributed by atoms with E-state index in [1.165, 1.54) is 43.6 Å². The van der Waals surface area contributed by atoms with Gasteiger partial charge in [0, 0.05) is 17.3 Å². The van der Waals surface area contributed by atoms with Gasteiger partial charge in [0.05, 0.1) is 26.9 Å². The van der Waals surface area contributed by atoms with Crippen molar-refractivity contribution in [3.8, 4) is 28.4 Å². The van der Waals surface area contributed by atoms with Gasteiger partial charge in [-0.25, -0.2) is 4.98 Å². The van der Waals surface area contributed by atoms with Crippen molar-refractivity contribution >= 4 is 11.7 Å². The molecule has 0 radical (unpaired) electrons. The van der Waals surface area contributed by atoms with E-state index in [4.69, 9.17) is 14.2 Å². The number of rotatable bonds is 8. The van der Waals surface area contributed by atoms with Crippen molar-refractivity contribution in [1.82, 2.24) is 4.98 Å². The standard InChI is InChI=1S/C29H25F3N2O4/c1-36-24-15-19(16-25(37-2)27(24)38-3)13-18-7-6-8-20(14-18)28(35)34-26-12-11-21(17-33-26)22-9-4-5-10-23(22)29(30,31)32/h4-12,14-17H,13H2,1-3H3,(H,33,34,35). The minimum Gasteiger partial charge on any atom is -0.493 e. The second-order valence-electron chi connectivity index (χ2n) is 8.34. The Hall–Kier alpha value is -4.53. The number of hydrogen-bond acceptors (Lipinski definition) is 5.